The first kappa shape index (κ1) is 20.5. The van der Waals surface area contributed by atoms with E-state index in [1.807, 2.05) is 59.5 Å². The van der Waals surface area contributed by atoms with Gasteiger partial charge in [0.2, 0.25) is 0 Å². The molecule has 2 aromatic rings. The number of benzene rings is 2. The van der Waals surface area contributed by atoms with Crippen LogP contribution in [0.1, 0.15) is 24.8 Å². The van der Waals surface area contributed by atoms with E-state index in [2.05, 4.69) is 5.32 Å². The molecule has 2 aliphatic rings. The summed E-state index contributed by atoms with van der Waals surface area (Å²) in [6.07, 6.45) is 3.22. The van der Waals surface area contributed by atoms with Crippen LogP contribution in [0, 0.1) is 0 Å². The number of carbonyl (C=O) groups excluding carboxylic acids is 1. The lowest BCUT2D eigenvalue weighted by molar-refractivity contribution is -0.136. The fourth-order valence-corrected chi connectivity index (χ4v) is 4.03. The van der Waals surface area contributed by atoms with Crippen LogP contribution in [0.5, 0.6) is 11.5 Å². The predicted octanol–water partition coefficient (Wildman–Crippen LogP) is 3.42. The third-order valence-corrected chi connectivity index (χ3v) is 5.38. The molecule has 2 aliphatic heterocycles. The van der Waals surface area contributed by atoms with Gasteiger partial charge in [-0.2, -0.15) is 0 Å². The third-order valence-electron chi connectivity index (χ3n) is 5.38. The quantitative estimate of drug-likeness (QED) is 0.804. The molecule has 1 amide bonds. The molecule has 0 aliphatic carbocycles. The van der Waals surface area contributed by atoms with Gasteiger partial charge in [-0.25, -0.2) is 0 Å². The van der Waals surface area contributed by atoms with Gasteiger partial charge in [-0.1, -0.05) is 42.5 Å². The Morgan fingerprint density at radius 3 is 2.39 bits per heavy atom. The molecule has 0 saturated carbocycles. The first-order chi connectivity index (χ1) is 13.3. The minimum absolute atomic E-state index is 0. The maximum atomic E-state index is 12.8. The SMILES string of the molecule is Cl.O=C(COc1ccccc1OCc1ccccc1)N1C2CCNCC1CC2. The Bertz CT molecular complexity index is 757. The minimum atomic E-state index is 0. The highest BCUT2D eigenvalue weighted by Gasteiger charge is 2.37. The molecule has 0 radical (unpaired) electrons. The smallest absolute Gasteiger partial charge is 0.261 e. The summed E-state index contributed by atoms with van der Waals surface area (Å²) in [7, 11) is 0. The van der Waals surface area contributed by atoms with Crippen LogP contribution >= 0.6 is 12.4 Å². The van der Waals surface area contributed by atoms with Crippen molar-refractivity contribution in [3.05, 3.63) is 60.2 Å². The molecule has 2 bridgehead atoms. The second-order valence-electron chi connectivity index (χ2n) is 7.19. The van der Waals surface area contributed by atoms with Crippen LogP contribution < -0.4 is 14.8 Å². The number of hydrogen-bond donors (Lipinski definition) is 1. The molecule has 2 aromatic carbocycles. The van der Waals surface area contributed by atoms with Gasteiger partial charge in [0, 0.05) is 18.6 Å². The first-order valence-corrected chi connectivity index (χ1v) is 9.71. The van der Waals surface area contributed by atoms with Gasteiger partial charge >= 0.3 is 0 Å². The number of hydrogen-bond acceptors (Lipinski definition) is 4. The minimum Gasteiger partial charge on any atom is -0.485 e. The number of nitrogens with zero attached hydrogens (tertiary/aromatic N) is 1. The van der Waals surface area contributed by atoms with E-state index in [1.54, 1.807) is 0 Å². The van der Waals surface area contributed by atoms with Gasteiger partial charge in [-0.05, 0) is 43.5 Å². The lowest BCUT2D eigenvalue weighted by atomic mass is 10.1. The highest BCUT2D eigenvalue weighted by Crippen LogP contribution is 2.30. The summed E-state index contributed by atoms with van der Waals surface area (Å²) in [4.78, 5) is 14.9. The van der Waals surface area contributed by atoms with Gasteiger partial charge in [0.05, 0.1) is 0 Å². The monoisotopic (exact) mass is 402 g/mol. The molecule has 4 rings (SSSR count). The molecule has 0 spiro atoms. The highest BCUT2D eigenvalue weighted by atomic mass is 35.5. The van der Waals surface area contributed by atoms with E-state index in [1.165, 1.54) is 0 Å². The molecule has 5 nitrogen and oxygen atoms in total. The number of para-hydroxylation sites is 2. The van der Waals surface area contributed by atoms with Gasteiger partial charge in [0.15, 0.2) is 18.1 Å². The Hall–Kier alpha value is -2.24. The van der Waals surface area contributed by atoms with Crippen molar-refractivity contribution in [3.8, 4) is 11.5 Å². The summed E-state index contributed by atoms with van der Waals surface area (Å²) in [5, 5.41) is 3.42. The van der Waals surface area contributed by atoms with E-state index in [4.69, 9.17) is 9.47 Å². The third kappa shape index (κ3) is 4.78. The van der Waals surface area contributed by atoms with E-state index in [9.17, 15) is 4.79 Å². The number of ether oxygens (including phenoxy) is 2. The summed E-state index contributed by atoms with van der Waals surface area (Å²) in [6, 6.07) is 18.2. The van der Waals surface area contributed by atoms with Gasteiger partial charge in [-0.15, -0.1) is 12.4 Å². The molecule has 0 aromatic heterocycles. The number of fused-ring (bicyclic) bond motifs is 2. The van der Waals surface area contributed by atoms with Gasteiger partial charge in [0.1, 0.15) is 6.61 Å². The second kappa shape index (κ2) is 9.80. The van der Waals surface area contributed by atoms with Crippen LogP contribution in [0.2, 0.25) is 0 Å². The average molecular weight is 403 g/mol. The highest BCUT2D eigenvalue weighted by molar-refractivity contribution is 5.85. The van der Waals surface area contributed by atoms with Crippen molar-refractivity contribution >= 4 is 18.3 Å². The van der Waals surface area contributed by atoms with Crippen LogP contribution in [0.3, 0.4) is 0 Å². The largest absolute Gasteiger partial charge is 0.485 e. The van der Waals surface area contributed by atoms with Crippen LogP contribution in [-0.4, -0.2) is 42.6 Å². The predicted molar refractivity (Wildman–Crippen MR) is 111 cm³/mol. The van der Waals surface area contributed by atoms with Crippen molar-refractivity contribution in [1.82, 2.24) is 10.2 Å². The Kier molecular flexibility index (Phi) is 7.18. The normalized spacial score (nSPS) is 20.8. The molecular formula is C22H27ClN2O3. The standard InChI is InChI=1S/C22H26N2O3.ClH/c25-22(24-18-10-11-19(24)14-23-13-12-18)16-27-21-9-5-4-8-20(21)26-15-17-6-2-1-3-7-17;/h1-9,18-19,23H,10-16H2;1H. The lowest BCUT2D eigenvalue weighted by Gasteiger charge is -2.28. The van der Waals surface area contributed by atoms with Gasteiger partial charge in [0.25, 0.3) is 5.91 Å². The molecule has 1 N–H and O–H groups in total. The molecule has 2 saturated heterocycles. The van der Waals surface area contributed by atoms with Crippen molar-refractivity contribution < 1.29 is 14.3 Å². The zero-order valence-corrected chi connectivity index (χ0v) is 16.7. The van der Waals surface area contributed by atoms with Crippen molar-refractivity contribution in [2.24, 2.45) is 0 Å². The van der Waals surface area contributed by atoms with E-state index in [-0.39, 0.29) is 24.9 Å². The van der Waals surface area contributed by atoms with Crippen LogP contribution in [0.25, 0.3) is 0 Å². The van der Waals surface area contributed by atoms with E-state index >= 15 is 0 Å². The fourth-order valence-electron chi connectivity index (χ4n) is 4.03. The molecule has 150 valence electrons. The van der Waals surface area contributed by atoms with Crippen molar-refractivity contribution in [2.45, 2.75) is 38.0 Å². The topological polar surface area (TPSA) is 50.8 Å². The summed E-state index contributed by atoms with van der Waals surface area (Å²) in [5.74, 6) is 1.35. The molecule has 2 fully saturated rings. The zero-order valence-electron chi connectivity index (χ0n) is 15.9. The number of carbonyl (C=O) groups is 1. The van der Waals surface area contributed by atoms with Crippen molar-refractivity contribution in [3.63, 3.8) is 0 Å². The maximum absolute atomic E-state index is 12.8. The maximum Gasteiger partial charge on any atom is 0.261 e. The van der Waals surface area contributed by atoms with Gasteiger partial charge < -0.3 is 19.7 Å². The second-order valence-corrected chi connectivity index (χ2v) is 7.19. The zero-order chi connectivity index (χ0) is 18.5. The summed E-state index contributed by atoms with van der Waals surface area (Å²) < 4.78 is 11.8. The Morgan fingerprint density at radius 1 is 0.929 bits per heavy atom. The fraction of sp³-hybridized carbons (Fsp3) is 0.409. The molecule has 6 heteroatoms. The van der Waals surface area contributed by atoms with E-state index < -0.39 is 0 Å². The van der Waals surface area contributed by atoms with Crippen LogP contribution in [0.15, 0.2) is 54.6 Å². The Balaban J connectivity index is 0.00000225. The summed E-state index contributed by atoms with van der Waals surface area (Å²) in [6.45, 7) is 2.40. The number of amides is 1. The molecule has 2 heterocycles. The number of halogens is 1. The number of rotatable bonds is 6. The number of nitrogens with one attached hydrogen (secondary N) is 1. The van der Waals surface area contributed by atoms with Gasteiger partial charge in [-0.3, -0.25) is 4.79 Å². The molecule has 2 atom stereocenters. The van der Waals surface area contributed by atoms with E-state index in [0.29, 0.717) is 30.2 Å². The van der Waals surface area contributed by atoms with Crippen molar-refractivity contribution in [2.75, 3.05) is 19.7 Å². The lowest BCUT2D eigenvalue weighted by Crippen LogP contribution is -2.44. The van der Waals surface area contributed by atoms with Crippen LogP contribution in [0.4, 0.5) is 0 Å². The average Bonchev–Trinajstić information content (AvgIpc) is 2.98. The first-order valence-electron chi connectivity index (χ1n) is 9.71. The summed E-state index contributed by atoms with van der Waals surface area (Å²) in [5.41, 5.74) is 1.09. The molecule has 2 unspecified atom stereocenters. The van der Waals surface area contributed by atoms with E-state index in [0.717, 1.165) is 37.9 Å². The molecular weight excluding hydrogens is 376 g/mol. The molecule has 28 heavy (non-hydrogen) atoms. The Morgan fingerprint density at radius 2 is 1.61 bits per heavy atom. The Labute approximate surface area is 172 Å². The van der Waals surface area contributed by atoms with Crippen molar-refractivity contribution in [1.29, 1.82) is 0 Å². The summed E-state index contributed by atoms with van der Waals surface area (Å²) >= 11 is 0. The van der Waals surface area contributed by atoms with Crippen LogP contribution in [-0.2, 0) is 11.4 Å².